The van der Waals surface area contributed by atoms with Crippen LogP contribution in [0.5, 0.6) is 0 Å². The fourth-order valence-electron chi connectivity index (χ4n) is 3.26. The molecule has 3 atom stereocenters. The second kappa shape index (κ2) is 4.34. The van der Waals surface area contributed by atoms with Crippen LogP contribution in [-0.2, 0) is 9.53 Å². The van der Waals surface area contributed by atoms with Gasteiger partial charge in [0, 0.05) is 31.3 Å². The van der Waals surface area contributed by atoms with Gasteiger partial charge in [-0.15, -0.1) is 0 Å². The molecule has 0 aromatic heterocycles. The van der Waals surface area contributed by atoms with Gasteiger partial charge in [-0.2, -0.15) is 0 Å². The predicted octanol–water partition coefficient (Wildman–Crippen LogP) is 0.422. The number of rotatable bonds is 2. The zero-order chi connectivity index (χ0) is 11.0. The third kappa shape index (κ3) is 1.96. The first-order chi connectivity index (χ1) is 7.83. The van der Waals surface area contributed by atoms with Gasteiger partial charge in [0.25, 0.3) is 0 Å². The minimum atomic E-state index is 0.224. The number of fused-ring (bicyclic) bond motifs is 2. The molecule has 0 radical (unpaired) electrons. The summed E-state index contributed by atoms with van der Waals surface area (Å²) >= 11 is 0. The molecule has 4 nitrogen and oxygen atoms in total. The molecule has 90 valence electrons. The summed E-state index contributed by atoms with van der Waals surface area (Å²) < 4.78 is 5.29. The molecule has 3 heterocycles. The van der Waals surface area contributed by atoms with Crippen molar-refractivity contribution in [1.82, 2.24) is 10.6 Å². The zero-order valence-electron chi connectivity index (χ0n) is 9.58. The maximum atomic E-state index is 12.1. The van der Waals surface area contributed by atoms with E-state index in [9.17, 15) is 4.79 Å². The average Bonchev–Trinajstić information content (AvgIpc) is 2.92. The molecule has 3 aliphatic rings. The molecule has 0 aromatic carbocycles. The van der Waals surface area contributed by atoms with Crippen molar-refractivity contribution in [3.8, 4) is 0 Å². The number of hydrogen-bond acceptors (Lipinski definition) is 3. The lowest BCUT2D eigenvalue weighted by Crippen LogP contribution is -2.44. The number of carbonyl (C=O) groups is 1. The van der Waals surface area contributed by atoms with Crippen LogP contribution in [0.2, 0.25) is 0 Å². The van der Waals surface area contributed by atoms with E-state index in [1.807, 2.05) is 0 Å². The van der Waals surface area contributed by atoms with Gasteiger partial charge in [0.2, 0.25) is 5.91 Å². The minimum Gasteiger partial charge on any atom is -0.381 e. The van der Waals surface area contributed by atoms with Crippen molar-refractivity contribution in [1.29, 1.82) is 0 Å². The first kappa shape index (κ1) is 10.5. The van der Waals surface area contributed by atoms with E-state index >= 15 is 0 Å². The van der Waals surface area contributed by atoms with Gasteiger partial charge in [0.1, 0.15) is 0 Å². The Kier molecular flexibility index (Phi) is 2.86. The maximum absolute atomic E-state index is 12.1. The van der Waals surface area contributed by atoms with E-state index in [0.717, 1.165) is 32.5 Å². The lowest BCUT2D eigenvalue weighted by molar-refractivity contribution is -0.126. The average molecular weight is 224 g/mol. The third-order valence-electron chi connectivity index (χ3n) is 4.20. The second-order valence-corrected chi connectivity index (χ2v) is 5.28. The Bertz CT molecular complexity index is 276. The van der Waals surface area contributed by atoms with Gasteiger partial charge in [0.05, 0.1) is 5.92 Å². The van der Waals surface area contributed by atoms with E-state index in [2.05, 4.69) is 10.6 Å². The normalized spacial score (nSPS) is 38.9. The Morgan fingerprint density at radius 2 is 2.00 bits per heavy atom. The van der Waals surface area contributed by atoms with E-state index < -0.39 is 0 Å². The van der Waals surface area contributed by atoms with Crippen molar-refractivity contribution in [3.63, 3.8) is 0 Å². The van der Waals surface area contributed by atoms with Crippen LogP contribution in [0.3, 0.4) is 0 Å². The van der Waals surface area contributed by atoms with Crippen molar-refractivity contribution in [2.45, 2.75) is 50.2 Å². The van der Waals surface area contributed by atoms with Crippen molar-refractivity contribution in [2.24, 2.45) is 5.92 Å². The first-order valence-corrected chi connectivity index (χ1v) is 6.47. The second-order valence-electron chi connectivity index (χ2n) is 5.28. The maximum Gasteiger partial charge on any atom is 0.224 e. The van der Waals surface area contributed by atoms with Gasteiger partial charge in [-0.1, -0.05) is 0 Å². The van der Waals surface area contributed by atoms with Gasteiger partial charge in [-0.3, -0.25) is 4.79 Å². The van der Waals surface area contributed by atoms with Gasteiger partial charge in [0.15, 0.2) is 0 Å². The van der Waals surface area contributed by atoms with Crippen LogP contribution in [0.15, 0.2) is 0 Å². The van der Waals surface area contributed by atoms with Crippen LogP contribution in [-0.4, -0.2) is 37.2 Å². The number of carbonyl (C=O) groups excluding carboxylic acids is 1. The zero-order valence-corrected chi connectivity index (χ0v) is 9.58. The van der Waals surface area contributed by atoms with Crippen LogP contribution in [0.1, 0.15) is 32.1 Å². The first-order valence-electron chi connectivity index (χ1n) is 6.47. The third-order valence-corrected chi connectivity index (χ3v) is 4.20. The SMILES string of the molecule is O=C(NC1CCOCC1)C1CC2CCC1N2. The molecule has 2 N–H and O–H groups in total. The lowest BCUT2D eigenvalue weighted by Gasteiger charge is -2.26. The van der Waals surface area contributed by atoms with Gasteiger partial charge < -0.3 is 15.4 Å². The highest BCUT2D eigenvalue weighted by Crippen LogP contribution is 2.33. The van der Waals surface area contributed by atoms with Crippen molar-refractivity contribution >= 4 is 5.91 Å². The standard InChI is InChI=1S/C12H20N2O2/c15-12(14-8-3-5-16-6-4-8)10-7-9-1-2-11(10)13-9/h8-11,13H,1-7H2,(H,14,15). The number of hydrogen-bond donors (Lipinski definition) is 2. The van der Waals surface area contributed by atoms with Gasteiger partial charge in [-0.05, 0) is 32.1 Å². The molecule has 0 saturated carbocycles. The molecular weight excluding hydrogens is 204 g/mol. The molecule has 3 saturated heterocycles. The summed E-state index contributed by atoms with van der Waals surface area (Å²) in [7, 11) is 0. The Labute approximate surface area is 96.1 Å². The van der Waals surface area contributed by atoms with E-state index in [-0.39, 0.29) is 11.8 Å². The molecule has 3 fully saturated rings. The number of amides is 1. The largest absolute Gasteiger partial charge is 0.381 e. The van der Waals surface area contributed by atoms with Crippen molar-refractivity contribution in [3.05, 3.63) is 0 Å². The molecule has 16 heavy (non-hydrogen) atoms. The highest BCUT2D eigenvalue weighted by atomic mass is 16.5. The lowest BCUT2D eigenvalue weighted by atomic mass is 9.88. The summed E-state index contributed by atoms with van der Waals surface area (Å²) in [5.41, 5.74) is 0. The molecule has 3 unspecified atom stereocenters. The molecule has 4 heteroatoms. The van der Waals surface area contributed by atoms with Crippen LogP contribution < -0.4 is 10.6 Å². The Morgan fingerprint density at radius 3 is 2.62 bits per heavy atom. The highest BCUT2D eigenvalue weighted by molar-refractivity contribution is 5.80. The van der Waals surface area contributed by atoms with E-state index in [1.54, 1.807) is 0 Å². The smallest absolute Gasteiger partial charge is 0.224 e. The summed E-state index contributed by atoms with van der Waals surface area (Å²) in [4.78, 5) is 12.1. The van der Waals surface area contributed by atoms with E-state index in [0.29, 0.717) is 18.1 Å². The summed E-state index contributed by atoms with van der Waals surface area (Å²) in [6.07, 6.45) is 5.42. The fraction of sp³-hybridized carbons (Fsp3) is 0.917. The minimum absolute atomic E-state index is 0.224. The van der Waals surface area contributed by atoms with Crippen molar-refractivity contribution in [2.75, 3.05) is 13.2 Å². The molecule has 0 aromatic rings. The van der Waals surface area contributed by atoms with E-state index in [4.69, 9.17) is 4.74 Å². The monoisotopic (exact) mass is 224 g/mol. The molecule has 2 bridgehead atoms. The topological polar surface area (TPSA) is 50.4 Å². The molecular formula is C12H20N2O2. The van der Waals surface area contributed by atoms with Crippen LogP contribution in [0, 0.1) is 5.92 Å². The van der Waals surface area contributed by atoms with Crippen molar-refractivity contribution < 1.29 is 9.53 Å². The summed E-state index contributed by atoms with van der Waals surface area (Å²) in [5.74, 6) is 0.494. The summed E-state index contributed by atoms with van der Waals surface area (Å²) in [6, 6.07) is 1.40. The Hall–Kier alpha value is -0.610. The molecule has 1 amide bonds. The van der Waals surface area contributed by atoms with E-state index in [1.165, 1.54) is 12.8 Å². The summed E-state index contributed by atoms with van der Waals surface area (Å²) in [6.45, 7) is 1.58. The van der Waals surface area contributed by atoms with Crippen LogP contribution >= 0.6 is 0 Å². The van der Waals surface area contributed by atoms with Gasteiger partial charge >= 0.3 is 0 Å². The predicted molar refractivity (Wildman–Crippen MR) is 60.0 cm³/mol. The number of ether oxygens (including phenoxy) is 1. The number of nitrogens with one attached hydrogen (secondary N) is 2. The molecule has 0 spiro atoms. The highest BCUT2D eigenvalue weighted by Gasteiger charge is 2.43. The summed E-state index contributed by atoms with van der Waals surface area (Å²) in [5, 5.41) is 6.70. The Balaban J connectivity index is 1.53. The van der Waals surface area contributed by atoms with Crippen LogP contribution in [0.25, 0.3) is 0 Å². The molecule has 0 aliphatic carbocycles. The Morgan fingerprint density at radius 1 is 1.19 bits per heavy atom. The van der Waals surface area contributed by atoms with Crippen LogP contribution in [0.4, 0.5) is 0 Å². The molecule has 3 rings (SSSR count). The quantitative estimate of drug-likeness (QED) is 0.715. The fourth-order valence-corrected chi connectivity index (χ4v) is 3.26. The molecule has 3 aliphatic heterocycles. The van der Waals surface area contributed by atoms with Gasteiger partial charge in [-0.25, -0.2) is 0 Å².